The summed E-state index contributed by atoms with van der Waals surface area (Å²) in [5.41, 5.74) is 0.975. The normalized spacial score (nSPS) is 21.7. The highest BCUT2D eigenvalue weighted by Gasteiger charge is 2.25. The zero-order valence-electron chi connectivity index (χ0n) is 12.9. The lowest BCUT2D eigenvalue weighted by Crippen LogP contribution is -2.41. The monoisotopic (exact) mass is 348 g/mol. The van der Waals surface area contributed by atoms with Crippen LogP contribution in [0.15, 0.2) is 18.2 Å². The highest BCUT2D eigenvalue weighted by molar-refractivity contribution is 7.88. The van der Waals surface area contributed by atoms with Gasteiger partial charge in [0.2, 0.25) is 10.0 Å². The van der Waals surface area contributed by atoms with Gasteiger partial charge < -0.3 is 0 Å². The molecule has 1 aromatic rings. The molecule has 0 aromatic heterocycles. The van der Waals surface area contributed by atoms with E-state index in [9.17, 15) is 12.8 Å². The fourth-order valence-corrected chi connectivity index (χ4v) is 3.60. The van der Waals surface area contributed by atoms with Crippen molar-refractivity contribution >= 4 is 21.6 Å². The van der Waals surface area contributed by atoms with Crippen LogP contribution in [0.2, 0.25) is 5.02 Å². The molecule has 1 aromatic carbocycles. The highest BCUT2D eigenvalue weighted by atomic mass is 35.5. The van der Waals surface area contributed by atoms with Crippen molar-refractivity contribution in [2.24, 2.45) is 5.92 Å². The van der Waals surface area contributed by atoms with E-state index in [0.717, 1.165) is 31.5 Å². The lowest BCUT2D eigenvalue weighted by Gasteiger charge is -2.37. The van der Waals surface area contributed by atoms with Crippen molar-refractivity contribution in [3.8, 4) is 0 Å². The number of piperidine rings is 1. The molecule has 0 unspecified atom stereocenters. The van der Waals surface area contributed by atoms with Gasteiger partial charge in [-0.2, -0.15) is 0 Å². The van der Waals surface area contributed by atoms with Crippen molar-refractivity contribution in [2.75, 3.05) is 25.9 Å². The Morgan fingerprint density at radius 2 is 2.23 bits per heavy atom. The first-order valence-corrected chi connectivity index (χ1v) is 9.67. The second kappa shape index (κ2) is 7.25. The van der Waals surface area contributed by atoms with E-state index in [1.165, 1.54) is 12.3 Å². The molecule has 1 aliphatic heterocycles. The third-order valence-corrected chi connectivity index (χ3v) is 5.14. The van der Waals surface area contributed by atoms with Gasteiger partial charge in [0, 0.05) is 19.1 Å². The number of nitrogens with zero attached hydrogens (tertiary/aromatic N) is 1. The molecule has 22 heavy (non-hydrogen) atoms. The second-order valence-corrected chi connectivity index (χ2v) is 8.21. The van der Waals surface area contributed by atoms with Crippen LogP contribution >= 0.6 is 11.6 Å². The third-order valence-electron chi connectivity index (χ3n) is 4.16. The van der Waals surface area contributed by atoms with Crippen LogP contribution in [-0.2, 0) is 10.0 Å². The van der Waals surface area contributed by atoms with Gasteiger partial charge in [0.15, 0.2) is 0 Å². The van der Waals surface area contributed by atoms with E-state index < -0.39 is 15.8 Å². The molecule has 0 radical (unpaired) electrons. The maximum absolute atomic E-state index is 13.3. The summed E-state index contributed by atoms with van der Waals surface area (Å²) < 4.78 is 38.3. The predicted octanol–water partition coefficient (Wildman–Crippen LogP) is 2.80. The highest BCUT2D eigenvalue weighted by Crippen LogP contribution is 2.28. The fourth-order valence-electron chi connectivity index (χ4n) is 2.87. The van der Waals surface area contributed by atoms with Crippen LogP contribution in [-0.4, -0.2) is 39.2 Å². The van der Waals surface area contributed by atoms with Crippen LogP contribution < -0.4 is 4.72 Å². The van der Waals surface area contributed by atoms with Crippen molar-refractivity contribution in [3.05, 3.63) is 34.6 Å². The van der Waals surface area contributed by atoms with E-state index >= 15 is 0 Å². The summed E-state index contributed by atoms with van der Waals surface area (Å²) in [5.74, 6) is -0.117. The minimum absolute atomic E-state index is 0.124. The number of likely N-dealkylation sites (tertiary alicyclic amines) is 1. The average Bonchev–Trinajstić information content (AvgIpc) is 2.47. The van der Waals surface area contributed by atoms with Crippen LogP contribution in [0.25, 0.3) is 0 Å². The molecule has 1 aliphatic rings. The predicted molar refractivity (Wildman–Crippen MR) is 87.0 cm³/mol. The minimum Gasteiger partial charge on any atom is -0.296 e. The average molecular weight is 349 g/mol. The van der Waals surface area contributed by atoms with E-state index in [1.54, 1.807) is 12.1 Å². The lowest BCUT2D eigenvalue weighted by molar-refractivity contribution is 0.133. The Morgan fingerprint density at radius 1 is 1.50 bits per heavy atom. The molecule has 2 atom stereocenters. The Morgan fingerprint density at radius 3 is 2.86 bits per heavy atom. The summed E-state index contributed by atoms with van der Waals surface area (Å²) >= 11 is 5.86. The van der Waals surface area contributed by atoms with Crippen molar-refractivity contribution in [3.63, 3.8) is 0 Å². The molecule has 0 spiro atoms. The SMILES string of the molecule is C[C@H](c1ccc(F)c(Cl)c1)N1CCC[C@H](CNS(C)(=O)=O)C1. The van der Waals surface area contributed by atoms with Gasteiger partial charge in [0.05, 0.1) is 11.3 Å². The van der Waals surface area contributed by atoms with Gasteiger partial charge in [0.25, 0.3) is 0 Å². The van der Waals surface area contributed by atoms with Gasteiger partial charge >= 0.3 is 0 Å². The van der Waals surface area contributed by atoms with Crippen molar-refractivity contribution in [1.29, 1.82) is 0 Å². The molecule has 1 heterocycles. The van der Waals surface area contributed by atoms with E-state index in [4.69, 9.17) is 11.6 Å². The molecular weight excluding hydrogens is 327 g/mol. The number of benzene rings is 1. The van der Waals surface area contributed by atoms with Crippen LogP contribution in [0.3, 0.4) is 0 Å². The fraction of sp³-hybridized carbons (Fsp3) is 0.600. The van der Waals surface area contributed by atoms with Gasteiger partial charge in [-0.05, 0) is 49.9 Å². The van der Waals surface area contributed by atoms with Crippen molar-refractivity contribution < 1.29 is 12.8 Å². The molecule has 1 N–H and O–H groups in total. The third kappa shape index (κ3) is 4.91. The van der Waals surface area contributed by atoms with Gasteiger partial charge in [-0.25, -0.2) is 17.5 Å². The largest absolute Gasteiger partial charge is 0.296 e. The number of nitrogens with one attached hydrogen (secondary N) is 1. The molecule has 1 saturated heterocycles. The van der Waals surface area contributed by atoms with Crippen LogP contribution in [0.4, 0.5) is 4.39 Å². The maximum atomic E-state index is 13.3. The number of hydrogen-bond acceptors (Lipinski definition) is 3. The molecule has 0 amide bonds. The minimum atomic E-state index is -3.15. The van der Waals surface area contributed by atoms with E-state index in [2.05, 4.69) is 16.5 Å². The number of halogens is 2. The Kier molecular flexibility index (Phi) is 5.82. The van der Waals surface area contributed by atoms with Gasteiger partial charge in [-0.15, -0.1) is 0 Å². The molecular formula is C15H22ClFN2O2S. The Bertz CT molecular complexity index is 624. The first kappa shape index (κ1) is 17.7. The standard InChI is InChI=1S/C15H22ClFN2O2S/c1-11(13-5-6-15(17)14(16)8-13)19-7-3-4-12(10-19)9-18-22(2,20)21/h5-6,8,11-12,18H,3-4,7,9-10H2,1-2H3/t11-,12-/m1/s1. The zero-order chi connectivity index (χ0) is 16.3. The van der Waals surface area contributed by atoms with Gasteiger partial charge in [-0.1, -0.05) is 17.7 Å². The Labute approximate surface area is 136 Å². The lowest BCUT2D eigenvalue weighted by atomic mass is 9.95. The molecule has 4 nitrogen and oxygen atoms in total. The molecule has 0 aliphatic carbocycles. The summed E-state index contributed by atoms with van der Waals surface area (Å²) in [7, 11) is -3.15. The van der Waals surface area contributed by atoms with Crippen LogP contribution in [0.1, 0.15) is 31.4 Å². The van der Waals surface area contributed by atoms with E-state index in [-0.39, 0.29) is 11.1 Å². The summed E-state index contributed by atoms with van der Waals surface area (Å²) in [6, 6.07) is 4.93. The number of rotatable bonds is 5. The summed E-state index contributed by atoms with van der Waals surface area (Å²) in [6.45, 7) is 4.30. The quantitative estimate of drug-likeness (QED) is 0.890. The molecule has 0 saturated carbocycles. The van der Waals surface area contributed by atoms with Gasteiger partial charge in [0.1, 0.15) is 5.82 Å². The van der Waals surface area contributed by atoms with Crippen molar-refractivity contribution in [2.45, 2.75) is 25.8 Å². The smallest absolute Gasteiger partial charge is 0.208 e. The second-order valence-electron chi connectivity index (χ2n) is 5.97. The number of hydrogen-bond donors (Lipinski definition) is 1. The first-order chi connectivity index (χ1) is 10.3. The summed E-state index contributed by atoms with van der Waals surface area (Å²) in [6.07, 6.45) is 3.21. The molecule has 2 rings (SSSR count). The Hall–Kier alpha value is -0.690. The number of sulfonamides is 1. The first-order valence-electron chi connectivity index (χ1n) is 7.40. The molecule has 0 bridgehead atoms. The summed E-state index contributed by atoms with van der Waals surface area (Å²) in [5, 5.41) is 0.136. The topological polar surface area (TPSA) is 49.4 Å². The van der Waals surface area contributed by atoms with Crippen LogP contribution in [0.5, 0.6) is 0 Å². The molecule has 7 heteroatoms. The van der Waals surface area contributed by atoms with E-state index in [1.807, 2.05) is 0 Å². The zero-order valence-corrected chi connectivity index (χ0v) is 14.4. The Balaban J connectivity index is 2.00. The molecule has 1 fully saturated rings. The van der Waals surface area contributed by atoms with E-state index in [0.29, 0.717) is 12.5 Å². The molecule has 124 valence electrons. The van der Waals surface area contributed by atoms with Crippen LogP contribution in [0, 0.1) is 11.7 Å². The summed E-state index contributed by atoms with van der Waals surface area (Å²) in [4.78, 5) is 2.29. The van der Waals surface area contributed by atoms with Gasteiger partial charge in [-0.3, -0.25) is 4.90 Å². The maximum Gasteiger partial charge on any atom is 0.208 e. The van der Waals surface area contributed by atoms with Crippen molar-refractivity contribution in [1.82, 2.24) is 9.62 Å².